The normalized spacial score (nSPS) is 22.1. The van der Waals surface area contributed by atoms with E-state index < -0.39 is 0 Å². The van der Waals surface area contributed by atoms with Crippen LogP contribution in [-0.4, -0.2) is 62.0 Å². The number of nitrogens with zero attached hydrogens (tertiary/aromatic N) is 2. The van der Waals surface area contributed by atoms with Gasteiger partial charge in [-0.1, -0.05) is 31.2 Å². The molecule has 2 fully saturated rings. The van der Waals surface area contributed by atoms with Gasteiger partial charge in [-0.2, -0.15) is 0 Å². The second kappa shape index (κ2) is 11.6. The van der Waals surface area contributed by atoms with Crippen molar-refractivity contribution in [3.05, 3.63) is 83.4 Å². The van der Waals surface area contributed by atoms with Gasteiger partial charge in [0, 0.05) is 42.5 Å². The molecule has 0 aromatic heterocycles. The number of aromatic hydroxyl groups is 1. The molecule has 0 spiro atoms. The van der Waals surface area contributed by atoms with Crippen LogP contribution in [0, 0.1) is 5.92 Å². The standard InChI is InChI=1S/C34H40N2O4/c1-23-13-14-36(21-23)24(2)22-39-30-10-7-26(8-11-30)34-33(25(3)31-20-29(37)9-12-32(31)40-34)27-5-4-6-28(19-27)35-15-17-38-18-16-35/h4-12,19-20,23-24,34,37H,13-18,21-22H2,1-3H3. The highest BCUT2D eigenvalue weighted by Crippen LogP contribution is 2.47. The first-order valence-corrected chi connectivity index (χ1v) is 14.6. The molecule has 1 N–H and O–H groups in total. The first-order valence-electron chi connectivity index (χ1n) is 14.6. The molecule has 3 unspecified atom stereocenters. The summed E-state index contributed by atoms with van der Waals surface area (Å²) >= 11 is 0. The summed E-state index contributed by atoms with van der Waals surface area (Å²) in [6, 6.07) is 22.8. The summed E-state index contributed by atoms with van der Waals surface area (Å²) in [5.74, 6) is 2.66. The molecule has 40 heavy (non-hydrogen) atoms. The Labute approximate surface area is 237 Å². The number of rotatable bonds is 7. The third-order valence-corrected chi connectivity index (χ3v) is 8.56. The van der Waals surface area contributed by atoms with Crippen molar-refractivity contribution in [2.45, 2.75) is 39.3 Å². The van der Waals surface area contributed by atoms with Gasteiger partial charge >= 0.3 is 0 Å². The minimum atomic E-state index is -0.281. The zero-order chi connectivity index (χ0) is 27.6. The van der Waals surface area contributed by atoms with E-state index in [4.69, 9.17) is 14.2 Å². The highest BCUT2D eigenvalue weighted by Gasteiger charge is 2.30. The smallest absolute Gasteiger partial charge is 0.150 e. The van der Waals surface area contributed by atoms with Gasteiger partial charge in [0.05, 0.1) is 13.2 Å². The van der Waals surface area contributed by atoms with Crippen molar-refractivity contribution in [2.24, 2.45) is 5.92 Å². The van der Waals surface area contributed by atoms with Crippen LogP contribution < -0.4 is 14.4 Å². The Bertz CT molecular complexity index is 1360. The van der Waals surface area contributed by atoms with E-state index in [1.807, 2.05) is 6.07 Å². The highest BCUT2D eigenvalue weighted by atomic mass is 16.5. The quantitative estimate of drug-likeness (QED) is 0.374. The number of ether oxygens (including phenoxy) is 3. The summed E-state index contributed by atoms with van der Waals surface area (Å²) < 4.78 is 18.4. The molecule has 3 aromatic rings. The third-order valence-electron chi connectivity index (χ3n) is 8.56. The minimum absolute atomic E-state index is 0.237. The van der Waals surface area contributed by atoms with Crippen LogP contribution in [0.2, 0.25) is 0 Å². The van der Waals surface area contributed by atoms with Gasteiger partial charge in [0.25, 0.3) is 0 Å². The summed E-state index contributed by atoms with van der Waals surface area (Å²) in [7, 11) is 0. The van der Waals surface area contributed by atoms with E-state index in [0.29, 0.717) is 12.6 Å². The zero-order valence-corrected chi connectivity index (χ0v) is 23.8. The molecule has 6 rings (SSSR count). The number of likely N-dealkylation sites (tertiary alicyclic amines) is 1. The van der Waals surface area contributed by atoms with E-state index in [0.717, 1.165) is 84.6 Å². The molecule has 3 aromatic carbocycles. The average Bonchev–Trinajstić information content (AvgIpc) is 3.43. The SMILES string of the molecule is CC1=C(c2cccc(N3CCOCC3)c2)C(c2ccc(OCC(C)N3CCC(C)C3)cc2)Oc2ccc(O)cc21. The lowest BCUT2D eigenvalue weighted by Crippen LogP contribution is -2.36. The van der Waals surface area contributed by atoms with Crippen molar-refractivity contribution < 1.29 is 19.3 Å². The van der Waals surface area contributed by atoms with Crippen LogP contribution >= 0.6 is 0 Å². The van der Waals surface area contributed by atoms with Crippen molar-refractivity contribution in [1.29, 1.82) is 0 Å². The maximum absolute atomic E-state index is 10.2. The van der Waals surface area contributed by atoms with Crippen LogP contribution in [0.4, 0.5) is 5.69 Å². The predicted octanol–water partition coefficient (Wildman–Crippen LogP) is 6.40. The highest BCUT2D eigenvalue weighted by molar-refractivity contribution is 5.96. The second-order valence-electron chi connectivity index (χ2n) is 11.5. The molecule has 0 saturated carbocycles. The molecule has 0 aliphatic carbocycles. The van der Waals surface area contributed by atoms with Gasteiger partial charge in [0.1, 0.15) is 30.0 Å². The lowest BCUT2D eigenvalue weighted by atomic mass is 9.86. The van der Waals surface area contributed by atoms with Crippen molar-refractivity contribution in [3.63, 3.8) is 0 Å². The molecule has 6 nitrogen and oxygen atoms in total. The largest absolute Gasteiger partial charge is 0.508 e. The Kier molecular flexibility index (Phi) is 7.72. The zero-order valence-electron chi connectivity index (χ0n) is 23.8. The predicted molar refractivity (Wildman–Crippen MR) is 160 cm³/mol. The summed E-state index contributed by atoms with van der Waals surface area (Å²) in [6.45, 7) is 13.0. The van der Waals surface area contributed by atoms with E-state index in [9.17, 15) is 5.11 Å². The molecule has 3 heterocycles. The van der Waals surface area contributed by atoms with Crippen LogP contribution in [0.3, 0.4) is 0 Å². The second-order valence-corrected chi connectivity index (χ2v) is 11.5. The molecule has 0 radical (unpaired) electrons. The molecule has 0 bridgehead atoms. The van der Waals surface area contributed by atoms with E-state index in [1.54, 1.807) is 12.1 Å². The van der Waals surface area contributed by atoms with Crippen LogP contribution in [0.1, 0.15) is 50.0 Å². The Morgan fingerprint density at radius 1 is 1.00 bits per heavy atom. The van der Waals surface area contributed by atoms with Gasteiger partial charge in [-0.15, -0.1) is 0 Å². The molecular weight excluding hydrogens is 500 g/mol. The first kappa shape index (κ1) is 26.7. The number of hydrogen-bond donors (Lipinski definition) is 1. The van der Waals surface area contributed by atoms with E-state index in [1.165, 1.54) is 12.1 Å². The van der Waals surface area contributed by atoms with Crippen molar-refractivity contribution >= 4 is 16.8 Å². The van der Waals surface area contributed by atoms with Gasteiger partial charge in [0.2, 0.25) is 0 Å². The minimum Gasteiger partial charge on any atom is -0.508 e. The van der Waals surface area contributed by atoms with Crippen molar-refractivity contribution in [1.82, 2.24) is 4.90 Å². The van der Waals surface area contributed by atoms with E-state index in [2.05, 4.69) is 79.1 Å². The molecule has 3 aliphatic heterocycles. The summed E-state index contributed by atoms with van der Waals surface area (Å²) in [6.07, 6.45) is 0.990. The number of anilines is 1. The summed E-state index contributed by atoms with van der Waals surface area (Å²) in [5.41, 5.74) is 6.52. The monoisotopic (exact) mass is 540 g/mol. The van der Waals surface area contributed by atoms with Crippen LogP contribution in [-0.2, 0) is 4.74 Å². The fraction of sp³-hybridized carbons (Fsp3) is 0.412. The molecule has 0 amide bonds. The lowest BCUT2D eigenvalue weighted by molar-refractivity contribution is 0.122. The number of hydrogen-bond acceptors (Lipinski definition) is 6. The van der Waals surface area contributed by atoms with Gasteiger partial charge < -0.3 is 24.2 Å². The van der Waals surface area contributed by atoms with Crippen LogP contribution in [0.5, 0.6) is 17.2 Å². The molecule has 6 heteroatoms. The third kappa shape index (κ3) is 5.56. The fourth-order valence-electron chi connectivity index (χ4n) is 6.17. The fourth-order valence-corrected chi connectivity index (χ4v) is 6.17. The maximum atomic E-state index is 10.2. The first-order chi connectivity index (χ1) is 19.5. The van der Waals surface area contributed by atoms with E-state index >= 15 is 0 Å². The Balaban J connectivity index is 1.28. The number of phenols is 1. The number of allylic oxidation sites excluding steroid dienone is 1. The lowest BCUT2D eigenvalue weighted by Gasteiger charge is -2.33. The topological polar surface area (TPSA) is 54.4 Å². The molecule has 2 saturated heterocycles. The van der Waals surface area contributed by atoms with Crippen molar-refractivity contribution in [3.8, 4) is 17.2 Å². The van der Waals surface area contributed by atoms with Crippen molar-refractivity contribution in [2.75, 3.05) is 50.9 Å². The van der Waals surface area contributed by atoms with Crippen LogP contribution in [0.15, 0.2) is 66.7 Å². The Morgan fingerprint density at radius 2 is 1.80 bits per heavy atom. The Morgan fingerprint density at radius 3 is 2.55 bits per heavy atom. The Hall–Kier alpha value is -3.48. The molecule has 3 aliphatic rings. The number of benzene rings is 3. The van der Waals surface area contributed by atoms with Gasteiger partial charge in [-0.25, -0.2) is 0 Å². The van der Waals surface area contributed by atoms with Gasteiger partial charge in [-0.3, -0.25) is 4.90 Å². The van der Waals surface area contributed by atoms with Crippen LogP contribution in [0.25, 0.3) is 11.1 Å². The summed E-state index contributed by atoms with van der Waals surface area (Å²) in [4.78, 5) is 4.90. The number of morpholine rings is 1. The number of phenolic OH excluding ortho intramolecular Hbond substituents is 1. The number of fused-ring (bicyclic) bond motifs is 1. The van der Waals surface area contributed by atoms with Gasteiger partial charge in [0.15, 0.2) is 0 Å². The maximum Gasteiger partial charge on any atom is 0.150 e. The van der Waals surface area contributed by atoms with E-state index in [-0.39, 0.29) is 11.9 Å². The molecule has 210 valence electrons. The molecule has 3 atom stereocenters. The average molecular weight is 541 g/mol. The molecular formula is C34H40N2O4. The summed E-state index contributed by atoms with van der Waals surface area (Å²) in [5, 5.41) is 10.2. The van der Waals surface area contributed by atoms with Gasteiger partial charge in [-0.05, 0) is 91.9 Å².